The molecule has 0 radical (unpaired) electrons. The molecule has 138 valence electrons. The summed E-state index contributed by atoms with van der Waals surface area (Å²) in [7, 11) is 0. The van der Waals surface area contributed by atoms with Crippen LogP contribution in [0.4, 0.5) is 4.39 Å². The number of benzene rings is 1. The molecular formula is C19H22FN3O3. The number of aromatic nitrogens is 2. The zero-order chi connectivity index (χ0) is 18.5. The molecule has 0 bridgehead atoms. The van der Waals surface area contributed by atoms with E-state index in [0.717, 1.165) is 12.0 Å². The summed E-state index contributed by atoms with van der Waals surface area (Å²) in [6.45, 7) is 5.24. The summed E-state index contributed by atoms with van der Waals surface area (Å²) in [5.74, 6) is -0.511. The molecule has 1 N–H and O–H groups in total. The lowest BCUT2D eigenvalue weighted by molar-refractivity contribution is 0.0402. The first-order valence-electron chi connectivity index (χ1n) is 8.72. The molecule has 0 saturated carbocycles. The Balaban J connectivity index is 1.79. The number of carbonyl (C=O) groups is 1. The molecule has 3 rings (SSSR count). The van der Waals surface area contributed by atoms with Gasteiger partial charge in [-0.25, -0.2) is 14.4 Å². The van der Waals surface area contributed by atoms with Gasteiger partial charge in [-0.2, -0.15) is 0 Å². The highest BCUT2D eigenvalue weighted by molar-refractivity contribution is 5.95. The minimum Gasteiger partial charge on any atom is -0.376 e. The normalized spacial score (nSPS) is 19.5. The summed E-state index contributed by atoms with van der Waals surface area (Å²) < 4.78 is 25.0. The first kappa shape index (κ1) is 18.4. The Bertz CT molecular complexity index is 767. The Hall–Kier alpha value is -2.38. The van der Waals surface area contributed by atoms with Gasteiger partial charge < -0.3 is 14.8 Å². The SMILES string of the molecule is CCO[C@H]1COC[C@@H]1NC(=O)c1cc(F)cc(-c2ncc(CC)cn2)c1. The second kappa shape index (κ2) is 8.33. The molecule has 7 heteroatoms. The van der Waals surface area contributed by atoms with Crippen LogP contribution in [0.1, 0.15) is 29.8 Å². The quantitative estimate of drug-likeness (QED) is 0.857. The van der Waals surface area contributed by atoms with Gasteiger partial charge in [-0.3, -0.25) is 4.79 Å². The lowest BCUT2D eigenvalue weighted by Crippen LogP contribution is -2.43. The molecule has 1 aliphatic heterocycles. The molecule has 26 heavy (non-hydrogen) atoms. The van der Waals surface area contributed by atoms with Crippen LogP contribution >= 0.6 is 0 Å². The van der Waals surface area contributed by atoms with Crippen molar-refractivity contribution in [1.29, 1.82) is 0 Å². The number of hydrogen-bond donors (Lipinski definition) is 1. The van der Waals surface area contributed by atoms with Gasteiger partial charge in [0.05, 0.1) is 19.3 Å². The van der Waals surface area contributed by atoms with Gasteiger partial charge in [0.25, 0.3) is 5.91 Å². The average molecular weight is 359 g/mol. The van der Waals surface area contributed by atoms with E-state index in [9.17, 15) is 9.18 Å². The molecule has 0 unspecified atom stereocenters. The number of hydrogen-bond acceptors (Lipinski definition) is 5. The average Bonchev–Trinajstić information content (AvgIpc) is 3.08. The number of ether oxygens (including phenoxy) is 2. The topological polar surface area (TPSA) is 73.3 Å². The molecule has 1 aromatic carbocycles. The molecule has 0 aliphatic carbocycles. The van der Waals surface area contributed by atoms with Crippen LogP contribution in [0.2, 0.25) is 0 Å². The molecule has 6 nitrogen and oxygen atoms in total. The van der Waals surface area contributed by atoms with Crippen LogP contribution in [-0.4, -0.2) is 47.8 Å². The highest BCUT2D eigenvalue weighted by Crippen LogP contribution is 2.19. The Morgan fingerprint density at radius 3 is 2.73 bits per heavy atom. The van der Waals surface area contributed by atoms with Crippen molar-refractivity contribution in [3.63, 3.8) is 0 Å². The summed E-state index contributed by atoms with van der Waals surface area (Å²) in [4.78, 5) is 21.1. The Kier molecular flexibility index (Phi) is 5.90. The van der Waals surface area contributed by atoms with Crippen LogP contribution in [0.15, 0.2) is 30.6 Å². The highest BCUT2D eigenvalue weighted by atomic mass is 19.1. The third kappa shape index (κ3) is 4.23. The van der Waals surface area contributed by atoms with E-state index in [1.807, 2.05) is 13.8 Å². The Morgan fingerprint density at radius 2 is 2.04 bits per heavy atom. The smallest absolute Gasteiger partial charge is 0.251 e. The van der Waals surface area contributed by atoms with Gasteiger partial charge in [0, 0.05) is 30.1 Å². The number of carbonyl (C=O) groups excluding carboxylic acids is 1. The largest absolute Gasteiger partial charge is 0.376 e. The van der Waals surface area contributed by atoms with Crippen LogP contribution in [0, 0.1) is 5.82 Å². The van der Waals surface area contributed by atoms with E-state index in [2.05, 4.69) is 15.3 Å². The summed E-state index contributed by atoms with van der Waals surface area (Å²) >= 11 is 0. The molecule has 2 aromatic rings. The molecule has 1 aromatic heterocycles. The molecular weight excluding hydrogens is 337 g/mol. The van der Waals surface area contributed by atoms with Crippen molar-refractivity contribution < 1.29 is 18.7 Å². The first-order chi connectivity index (χ1) is 12.6. The van der Waals surface area contributed by atoms with Crippen molar-refractivity contribution in [2.24, 2.45) is 0 Å². The fraction of sp³-hybridized carbons (Fsp3) is 0.421. The van der Waals surface area contributed by atoms with Gasteiger partial charge >= 0.3 is 0 Å². The maximum absolute atomic E-state index is 14.0. The van der Waals surface area contributed by atoms with Gasteiger partial charge in [-0.1, -0.05) is 6.92 Å². The summed E-state index contributed by atoms with van der Waals surface area (Å²) in [5.41, 5.74) is 1.67. The van der Waals surface area contributed by atoms with Crippen molar-refractivity contribution in [3.8, 4) is 11.4 Å². The summed E-state index contributed by atoms with van der Waals surface area (Å²) in [6.07, 6.45) is 4.04. The van der Waals surface area contributed by atoms with E-state index in [-0.39, 0.29) is 23.6 Å². The van der Waals surface area contributed by atoms with Crippen LogP contribution in [-0.2, 0) is 15.9 Å². The number of rotatable bonds is 6. The van der Waals surface area contributed by atoms with E-state index in [1.165, 1.54) is 12.1 Å². The number of nitrogens with one attached hydrogen (secondary N) is 1. The van der Waals surface area contributed by atoms with Gasteiger partial charge in [0.1, 0.15) is 11.9 Å². The minimum atomic E-state index is -0.514. The van der Waals surface area contributed by atoms with Crippen LogP contribution in [0.5, 0.6) is 0 Å². The maximum atomic E-state index is 14.0. The van der Waals surface area contributed by atoms with Crippen molar-refractivity contribution in [2.75, 3.05) is 19.8 Å². The number of amides is 1. The van der Waals surface area contributed by atoms with Gasteiger partial charge in [-0.15, -0.1) is 0 Å². The molecule has 1 fully saturated rings. The predicted octanol–water partition coefficient (Wildman–Crippen LogP) is 2.38. The second-order valence-electron chi connectivity index (χ2n) is 6.11. The lowest BCUT2D eigenvalue weighted by atomic mass is 10.1. The fourth-order valence-electron chi connectivity index (χ4n) is 2.84. The monoisotopic (exact) mass is 359 g/mol. The van der Waals surface area contributed by atoms with Crippen LogP contribution in [0.25, 0.3) is 11.4 Å². The molecule has 0 spiro atoms. The van der Waals surface area contributed by atoms with Crippen LogP contribution < -0.4 is 5.32 Å². The van der Waals surface area contributed by atoms with Gasteiger partial charge in [0.15, 0.2) is 5.82 Å². The third-order valence-corrected chi connectivity index (χ3v) is 4.26. The highest BCUT2D eigenvalue weighted by Gasteiger charge is 2.30. The predicted molar refractivity (Wildman–Crippen MR) is 94.3 cm³/mol. The zero-order valence-corrected chi connectivity index (χ0v) is 14.9. The van der Waals surface area contributed by atoms with Crippen molar-refractivity contribution in [2.45, 2.75) is 32.4 Å². The standard InChI is InChI=1S/C19H22FN3O3/c1-3-12-8-21-18(22-9-12)13-5-14(7-15(20)6-13)19(24)23-16-10-25-11-17(16)26-4-2/h5-9,16-17H,3-4,10-11H2,1-2H3,(H,23,24)/t16-,17-/m0/s1. The number of halogens is 1. The van der Waals surface area contributed by atoms with E-state index in [0.29, 0.717) is 31.2 Å². The number of aryl methyl sites for hydroxylation is 1. The maximum Gasteiger partial charge on any atom is 0.251 e. The van der Waals surface area contributed by atoms with Crippen molar-refractivity contribution >= 4 is 5.91 Å². The molecule has 2 atom stereocenters. The van der Waals surface area contributed by atoms with Crippen molar-refractivity contribution in [1.82, 2.24) is 15.3 Å². The molecule has 1 aliphatic rings. The first-order valence-corrected chi connectivity index (χ1v) is 8.72. The third-order valence-electron chi connectivity index (χ3n) is 4.26. The Labute approximate surface area is 151 Å². The second-order valence-corrected chi connectivity index (χ2v) is 6.11. The van der Waals surface area contributed by atoms with E-state index in [1.54, 1.807) is 18.5 Å². The van der Waals surface area contributed by atoms with E-state index in [4.69, 9.17) is 9.47 Å². The molecule has 2 heterocycles. The van der Waals surface area contributed by atoms with Gasteiger partial charge in [0.2, 0.25) is 0 Å². The number of nitrogens with zero attached hydrogens (tertiary/aromatic N) is 2. The van der Waals surface area contributed by atoms with E-state index < -0.39 is 5.82 Å². The lowest BCUT2D eigenvalue weighted by Gasteiger charge is -2.19. The van der Waals surface area contributed by atoms with Gasteiger partial charge in [-0.05, 0) is 37.1 Å². The van der Waals surface area contributed by atoms with Crippen LogP contribution in [0.3, 0.4) is 0 Å². The summed E-state index contributed by atoms with van der Waals surface area (Å²) in [6, 6.07) is 3.85. The molecule has 1 amide bonds. The molecule has 1 saturated heterocycles. The fourth-order valence-corrected chi connectivity index (χ4v) is 2.84. The van der Waals surface area contributed by atoms with E-state index >= 15 is 0 Å². The Morgan fingerprint density at radius 1 is 1.27 bits per heavy atom. The van der Waals surface area contributed by atoms with Crippen molar-refractivity contribution in [3.05, 3.63) is 47.5 Å². The summed E-state index contributed by atoms with van der Waals surface area (Å²) in [5, 5.41) is 2.86. The minimum absolute atomic E-state index is 0.193. The zero-order valence-electron chi connectivity index (χ0n) is 14.9.